The number of aromatic nitrogens is 2. The highest BCUT2D eigenvalue weighted by molar-refractivity contribution is 5.53. The van der Waals surface area contributed by atoms with E-state index in [-0.39, 0.29) is 6.61 Å². The highest BCUT2D eigenvalue weighted by Crippen LogP contribution is 2.20. The molecule has 2 aromatic rings. The zero-order valence-electron chi connectivity index (χ0n) is 12.3. The van der Waals surface area contributed by atoms with Crippen molar-refractivity contribution in [3.8, 4) is 17.2 Å². The van der Waals surface area contributed by atoms with Crippen LogP contribution in [0.3, 0.4) is 0 Å². The van der Waals surface area contributed by atoms with Gasteiger partial charge in [-0.25, -0.2) is 0 Å². The minimum absolute atomic E-state index is 0.282. The van der Waals surface area contributed by atoms with Gasteiger partial charge in [0, 0.05) is 5.56 Å². The molecule has 0 aliphatic carbocycles. The van der Waals surface area contributed by atoms with E-state index in [0.717, 1.165) is 31.9 Å². The smallest absolute Gasteiger partial charge is 0.247 e. The first kappa shape index (κ1) is 15.0. The molecule has 1 saturated heterocycles. The molecule has 7 heteroatoms. The molecule has 1 fully saturated rings. The van der Waals surface area contributed by atoms with Crippen LogP contribution in [0.15, 0.2) is 35.1 Å². The summed E-state index contributed by atoms with van der Waals surface area (Å²) in [6.07, 6.45) is 0.813. The molecule has 2 heterocycles. The Kier molecular flexibility index (Phi) is 4.99. The Hall–Kier alpha value is -1.96. The van der Waals surface area contributed by atoms with Crippen LogP contribution in [-0.2, 0) is 4.74 Å². The zero-order valence-corrected chi connectivity index (χ0v) is 12.3. The van der Waals surface area contributed by atoms with Crippen LogP contribution in [-0.4, -0.2) is 60.9 Å². The Bertz CT molecular complexity index is 553. The van der Waals surface area contributed by atoms with Crippen molar-refractivity contribution >= 4 is 0 Å². The molecule has 1 aliphatic rings. The molecule has 0 saturated carbocycles. The average Bonchev–Trinajstić information content (AvgIpc) is 3.09. The predicted molar refractivity (Wildman–Crippen MR) is 77.6 cm³/mol. The van der Waals surface area contributed by atoms with E-state index in [1.165, 1.54) is 11.3 Å². The first-order valence-corrected chi connectivity index (χ1v) is 7.40. The molecular weight excluding hydrogens is 286 g/mol. The molecule has 1 atom stereocenters. The van der Waals surface area contributed by atoms with E-state index >= 15 is 0 Å². The topological polar surface area (TPSA) is 82.0 Å². The number of nitrogens with zero attached hydrogens (tertiary/aromatic N) is 2. The first-order chi connectivity index (χ1) is 10.8. The second-order valence-corrected chi connectivity index (χ2v) is 5.30. The summed E-state index contributed by atoms with van der Waals surface area (Å²) in [4.78, 5) is 1.36. The van der Waals surface area contributed by atoms with Gasteiger partial charge in [0.1, 0.15) is 38.1 Å². The van der Waals surface area contributed by atoms with Gasteiger partial charge in [0.25, 0.3) is 0 Å². The van der Waals surface area contributed by atoms with Gasteiger partial charge >= 0.3 is 0 Å². The summed E-state index contributed by atoms with van der Waals surface area (Å²) in [6, 6.07) is 7.35. The maximum atomic E-state index is 10.0. The summed E-state index contributed by atoms with van der Waals surface area (Å²) in [7, 11) is 0. The molecule has 1 aliphatic heterocycles. The van der Waals surface area contributed by atoms with Gasteiger partial charge in [-0.1, -0.05) is 0 Å². The fourth-order valence-electron chi connectivity index (χ4n) is 2.44. The Morgan fingerprint density at radius 2 is 2.00 bits per heavy atom. The quantitative estimate of drug-likeness (QED) is 0.741. The molecule has 118 valence electrons. The van der Waals surface area contributed by atoms with Crippen LogP contribution < -0.4 is 9.64 Å². The van der Waals surface area contributed by atoms with E-state index in [1.54, 1.807) is 0 Å². The van der Waals surface area contributed by atoms with Crippen molar-refractivity contribution in [2.75, 3.05) is 39.5 Å². The van der Waals surface area contributed by atoms with E-state index in [9.17, 15) is 5.11 Å². The highest BCUT2D eigenvalue weighted by atomic mass is 16.5. The van der Waals surface area contributed by atoms with Gasteiger partial charge in [-0.05, 0) is 24.3 Å². The third-order valence-electron chi connectivity index (χ3n) is 3.63. The number of rotatable bonds is 6. The van der Waals surface area contributed by atoms with Crippen LogP contribution in [0.4, 0.5) is 0 Å². The summed E-state index contributed by atoms with van der Waals surface area (Å²) in [5, 5.41) is 17.5. The van der Waals surface area contributed by atoms with Crippen LogP contribution in [0.1, 0.15) is 0 Å². The van der Waals surface area contributed by atoms with Gasteiger partial charge in [0.05, 0.1) is 13.2 Å². The van der Waals surface area contributed by atoms with Gasteiger partial charge in [-0.2, -0.15) is 0 Å². The van der Waals surface area contributed by atoms with Gasteiger partial charge in [0.15, 0.2) is 0 Å². The molecule has 0 amide bonds. The molecule has 0 unspecified atom stereocenters. The summed E-state index contributed by atoms with van der Waals surface area (Å²) in [5.74, 6) is 1.18. The standard InChI is InChI=1S/C15H19N3O4/c19-13(9-18-5-7-20-8-6-18)10-21-14-3-1-12(2-4-14)15-17-16-11-22-15/h1-4,11,13,19H,5-10H2/p+1/t13-/m0/s1. The number of hydrogen-bond donors (Lipinski definition) is 2. The number of ether oxygens (including phenoxy) is 2. The molecular formula is C15H20N3O4+. The van der Waals surface area contributed by atoms with Gasteiger partial charge in [-0.15, -0.1) is 10.2 Å². The Labute approximate surface area is 128 Å². The lowest BCUT2D eigenvalue weighted by molar-refractivity contribution is -0.911. The first-order valence-electron chi connectivity index (χ1n) is 7.40. The Morgan fingerprint density at radius 1 is 1.23 bits per heavy atom. The maximum absolute atomic E-state index is 10.0. The molecule has 1 aromatic carbocycles. The summed E-state index contributed by atoms with van der Waals surface area (Å²) in [6.45, 7) is 4.37. The Balaban J connectivity index is 1.46. The summed E-state index contributed by atoms with van der Waals surface area (Å²) < 4.78 is 16.0. The van der Waals surface area contributed by atoms with E-state index < -0.39 is 6.10 Å². The lowest BCUT2D eigenvalue weighted by atomic mass is 10.2. The van der Waals surface area contributed by atoms with Crippen LogP contribution in [0.2, 0.25) is 0 Å². The highest BCUT2D eigenvalue weighted by Gasteiger charge is 2.18. The molecule has 3 rings (SSSR count). The van der Waals surface area contributed by atoms with Crippen molar-refractivity contribution in [1.82, 2.24) is 10.2 Å². The number of morpholine rings is 1. The molecule has 2 N–H and O–H groups in total. The maximum Gasteiger partial charge on any atom is 0.247 e. The molecule has 0 bridgehead atoms. The molecule has 0 spiro atoms. The Morgan fingerprint density at radius 3 is 2.68 bits per heavy atom. The van der Waals surface area contributed by atoms with Crippen LogP contribution in [0.5, 0.6) is 5.75 Å². The minimum atomic E-state index is -0.483. The van der Waals surface area contributed by atoms with E-state index in [2.05, 4.69) is 10.2 Å². The number of aliphatic hydroxyl groups is 1. The predicted octanol–water partition coefficient (Wildman–Crippen LogP) is -0.609. The second-order valence-electron chi connectivity index (χ2n) is 5.30. The van der Waals surface area contributed by atoms with Crippen molar-refractivity contribution in [3.63, 3.8) is 0 Å². The fourth-order valence-corrected chi connectivity index (χ4v) is 2.44. The lowest BCUT2D eigenvalue weighted by Crippen LogP contribution is -3.15. The lowest BCUT2D eigenvalue weighted by Gasteiger charge is -2.25. The van der Waals surface area contributed by atoms with Crippen molar-refractivity contribution in [2.45, 2.75) is 6.10 Å². The third-order valence-corrected chi connectivity index (χ3v) is 3.63. The van der Waals surface area contributed by atoms with Crippen molar-refractivity contribution < 1.29 is 23.9 Å². The number of hydrogen-bond acceptors (Lipinski definition) is 6. The normalized spacial score (nSPS) is 17.3. The van der Waals surface area contributed by atoms with Crippen molar-refractivity contribution in [3.05, 3.63) is 30.7 Å². The van der Waals surface area contributed by atoms with E-state index in [0.29, 0.717) is 18.2 Å². The van der Waals surface area contributed by atoms with Crippen LogP contribution in [0.25, 0.3) is 11.5 Å². The molecule has 1 aromatic heterocycles. The van der Waals surface area contributed by atoms with Crippen LogP contribution in [0, 0.1) is 0 Å². The van der Waals surface area contributed by atoms with Gasteiger partial charge < -0.3 is 23.9 Å². The SMILES string of the molecule is O[C@H](COc1ccc(-c2nnco2)cc1)C[NH+]1CCOCC1. The second kappa shape index (κ2) is 7.35. The van der Waals surface area contributed by atoms with Crippen molar-refractivity contribution in [1.29, 1.82) is 0 Å². The average molecular weight is 306 g/mol. The molecule has 0 radical (unpaired) electrons. The van der Waals surface area contributed by atoms with Crippen molar-refractivity contribution in [2.24, 2.45) is 0 Å². The number of aliphatic hydroxyl groups excluding tert-OH is 1. The fraction of sp³-hybridized carbons (Fsp3) is 0.467. The van der Waals surface area contributed by atoms with E-state index in [4.69, 9.17) is 13.9 Å². The zero-order chi connectivity index (χ0) is 15.2. The number of quaternary nitrogens is 1. The van der Waals surface area contributed by atoms with E-state index in [1.807, 2.05) is 24.3 Å². The molecule has 22 heavy (non-hydrogen) atoms. The number of benzene rings is 1. The number of nitrogens with one attached hydrogen (secondary N) is 1. The third kappa shape index (κ3) is 4.03. The minimum Gasteiger partial charge on any atom is -0.491 e. The molecule has 7 nitrogen and oxygen atoms in total. The monoisotopic (exact) mass is 306 g/mol. The van der Waals surface area contributed by atoms with Gasteiger partial charge in [0.2, 0.25) is 12.3 Å². The summed E-state index contributed by atoms with van der Waals surface area (Å²) >= 11 is 0. The largest absolute Gasteiger partial charge is 0.491 e. The summed E-state index contributed by atoms with van der Waals surface area (Å²) in [5.41, 5.74) is 0.836. The van der Waals surface area contributed by atoms with Crippen LogP contribution >= 0.6 is 0 Å². The van der Waals surface area contributed by atoms with Gasteiger partial charge in [-0.3, -0.25) is 0 Å².